The molecule has 0 aliphatic heterocycles. The minimum absolute atomic E-state index is 0. The normalized spacial score (nSPS) is 7.86. The van der Waals surface area contributed by atoms with E-state index in [2.05, 4.69) is 0 Å². The Kier molecular flexibility index (Phi) is 30.2. The number of rotatable bonds is 8. The van der Waals surface area contributed by atoms with Gasteiger partial charge in [0.05, 0.1) is 0 Å². The topological polar surface area (TPSA) is 229 Å². The molecule has 0 aliphatic carbocycles. The molecule has 0 spiro atoms. The zero-order chi connectivity index (χ0) is 23.4. The largest absolute Gasteiger partial charge is 0.550 e. The second kappa shape index (κ2) is 23.5. The standard InChI is InChI=1S/4C4H6O3.Pb/c4*1-3(5)2-4(6)7;/h4*2H2,1H3,(H,6,7);/p-4. The Morgan fingerprint density at radius 3 is 0.517 bits per heavy atom. The predicted octanol–water partition coefficient (Wildman–Crippen LogP) is -5.52. The van der Waals surface area contributed by atoms with Crippen LogP contribution in [0.4, 0.5) is 0 Å². The van der Waals surface area contributed by atoms with Gasteiger partial charge in [-0.05, 0) is 27.7 Å². The molecule has 164 valence electrons. The van der Waals surface area contributed by atoms with Crippen LogP contribution in [0.1, 0.15) is 53.4 Å². The van der Waals surface area contributed by atoms with E-state index in [1.807, 2.05) is 0 Å². The van der Waals surface area contributed by atoms with E-state index < -0.39 is 49.6 Å². The Labute approximate surface area is 186 Å². The van der Waals surface area contributed by atoms with E-state index in [0.29, 0.717) is 0 Å². The van der Waals surface area contributed by atoms with Crippen molar-refractivity contribution in [1.29, 1.82) is 0 Å². The van der Waals surface area contributed by atoms with Crippen LogP contribution in [0.3, 0.4) is 0 Å². The number of hydrogen-bond donors (Lipinski definition) is 0. The molecular formula is C16H20O12Pb-4. The van der Waals surface area contributed by atoms with Crippen molar-refractivity contribution < 1.29 is 58.8 Å². The van der Waals surface area contributed by atoms with Gasteiger partial charge in [0.15, 0.2) is 0 Å². The molecule has 0 saturated heterocycles. The number of hydrogen-bond acceptors (Lipinski definition) is 12. The van der Waals surface area contributed by atoms with Crippen molar-refractivity contribution in [2.45, 2.75) is 53.4 Å². The molecule has 0 amide bonds. The molecule has 4 radical (unpaired) electrons. The van der Waals surface area contributed by atoms with Gasteiger partial charge in [-0.2, -0.15) is 0 Å². The average molecular weight is 612 g/mol. The fourth-order valence-corrected chi connectivity index (χ4v) is 0.813. The van der Waals surface area contributed by atoms with Crippen LogP contribution >= 0.6 is 0 Å². The molecule has 0 fully saturated rings. The summed E-state index contributed by atoms with van der Waals surface area (Å²) in [5.74, 6) is -6.75. The van der Waals surface area contributed by atoms with E-state index in [1.54, 1.807) is 0 Å². The molecule has 0 rings (SSSR count). The predicted molar refractivity (Wildman–Crippen MR) is 87.0 cm³/mol. The summed E-state index contributed by atoms with van der Waals surface area (Å²) in [6.07, 6.45) is -1.89. The van der Waals surface area contributed by atoms with Crippen LogP contribution in [0.25, 0.3) is 0 Å². The zero-order valence-electron chi connectivity index (χ0n) is 16.2. The summed E-state index contributed by atoms with van der Waals surface area (Å²) in [5, 5.41) is 37.9. The molecular weight excluding hydrogens is 591 g/mol. The van der Waals surface area contributed by atoms with Gasteiger partial charge in [0.1, 0.15) is 23.1 Å². The van der Waals surface area contributed by atoms with Crippen LogP contribution in [0.15, 0.2) is 0 Å². The maximum atomic E-state index is 9.83. The number of aliphatic carboxylic acids is 4. The molecule has 0 heterocycles. The second-order valence-corrected chi connectivity index (χ2v) is 5.00. The van der Waals surface area contributed by atoms with E-state index in [9.17, 15) is 58.8 Å². The first kappa shape index (κ1) is 37.3. The van der Waals surface area contributed by atoms with Gasteiger partial charge in [0.25, 0.3) is 0 Å². The smallest absolute Gasteiger partial charge is 0.135 e. The molecule has 0 N–H and O–H groups in total. The third-order valence-electron chi connectivity index (χ3n) is 1.57. The monoisotopic (exact) mass is 612 g/mol. The van der Waals surface area contributed by atoms with E-state index in [1.165, 1.54) is 27.7 Å². The SMILES string of the molecule is CC(=O)CC(=O)[O-].CC(=O)CC(=O)[O-].CC(=O)CC(=O)[O-].CC(=O)CC(=O)[O-].[Pb]. The molecule has 13 heteroatoms. The van der Waals surface area contributed by atoms with Crippen LogP contribution in [-0.2, 0) is 38.4 Å². The van der Waals surface area contributed by atoms with Gasteiger partial charge >= 0.3 is 0 Å². The summed E-state index contributed by atoms with van der Waals surface area (Å²) in [5.41, 5.74) is 0. The number of carbonyl (C=O) groups is 8. The first-order chi connectivity index (χ1) is 12.5. The third kappa shape index (κ3) is 77.3. The van der Waals surface area contributed by atoms with E-state index >= 15 is 0 Å². The summed E-state index contributed by atoms with van der Waals surface area (Å²) >= 11 is 0. The van der Waals surface area contributed by atoms with Crippen LogP contribution < -0.4 is 20.4 Å². The van der Waals surface area contributed by atoms with Crippen LogP contribution in [0.2, 0.25) is 0 Å². The molecule has 0 unspecified atom stereocenters. The molecule has 0 aliphatic rings. The number of Topliss-reactive ketones (excluding diaryl/α,β-unsaturated/α-hetero) is 4. The van der Waals surface area contributed by atoms with Gasteiger partial charge < -0.3 is 39.6 Å². The number of carboxylic acid groups (broad SMARTS) is 4. The molecule has 29 heavy (non-hydrogen) atoms. The molecule has 12 nitrogen and oxygen atoms in total. The van der Waals surface area contributed by atoms with Gasteiger partial charge in [-0.3, -0.25) is 19.2 Å². The van der Waals surface area contributed by atoms with Crippen molar-refractivity contribution in [2.75, 3.05) is 0 Å². The van der Waals surface area contributed by atoms with Crippen LogP contribution in [-0.4, -0.2) is 74.3 Å². The fourth-order valence-electron chi connectivity index (χ4n) is 0.813. The molecule has 0 aromatic carbocycles. The van der Waals surface area contributed by atoms with E-state index in [0.717, 1.165) is 0 Å². The van der Waals surface area contributed by atoms with E-state index in [4.69, 9.17) is 0 Å². The number of ketones is 4. The summed E-state index contributed by atoms with van der Waals surface area (Å²) in [4.78, 5) is 77.2. The van der Waals surface area contributed by atoms with Gasteiger partial charge in [0, 0.05) is 76.9 Å². The van der Waals surface area contributed by atoms with Crippen molar-refractivity contribution in [3.8, 4) is 0 Å². The van der Waals surface area contributed by atoms with Crippen molar-refractivity contribution in [3.05, 3.63) is 0 Å². The van der Waals surface area contributed by atoms with Crippen molar-refractivity contribution in [2.24, 2.45) is 0 Å². The second-order valence-electron chi connectivity index (χ2n) is 5.00. The van der Waals surface area contributed by atoms with Crippen molar-refractivity contribution in [3.63, 3.8) is 0 Å². The van der Waals surface area contributed by atoms with Gasteiger partial charge in [-0.25, -0.2) is 0 Å². The first-order valence-electron chi connectivity index (χ1n) is 7.28. The molecule has 0 atom stereocenters. The Morgan fingerprint density at radius 2 is 0.517 bits per heavy atom. The van der Waals surface area contributed by atoms with Gasteiger partial charge in [-0.15, -0.1) is 0 Å². The minimum Gasteiger partial charge on any atom is -0.550 e. The van der Waals surface area contributed by atoms with E-state index in [-0.39, 0.29) is 50.4 Å². The molecule has 0 aromatic heterocycles. The number of carboxylic acids is 4. The molecule has 0 bridgehead atoms. The Balaban J connectivity index is -0.0000000873. The molecule has 0 saturated carbocycles. The molecule has 0 aromatic rings. The van der Waals surface area contributed by atoms with Crippen LogP contribution in [0, 0.1) is 0 Å². The minimum atomic E-state index is -1.31. The Bertz CT molecular complexity index is 443. The van der Waals surface area contributed by atoms with Crippen molar-refractivity contribution >= 4 is 74.3 Å². The average Bonchev–Trinajstić information content (AvgIpc) is 2.32. The summed E-state index contributed by atoms with van der Waals surface area (Å²) in [6, 6.07) is 0. The van der Waals surface area contributed by atoms with Crippen molar-refractivity contribution in [1.82, 2.24) is 0 Å². The van der Waals surface area contributed by atoms with Gasteiger partial charge in [-0.1, -0.05) is 0 Å². The zero-order valence-corrected chi connectivity index (χ0v) is 20.1. The summed E-state index contributed by atoms with van der Waals surface area (Å²) in [7, 11) is 0. The van der Waals surface area contributed by atoms with Gasteiger partial charge in [0.2, 0.25) is 0 Å². The Morgan fingerprint density at radius 1 is 0.414 bits per heavy atom. The Hall–Kier alpha value is -2.52. The summed E-state index contributed by atoms with van der Waals surface area (Å²) < 4.78 is 0. The first-order valence-corrected chi connectivity index (χ1v) is 7.28. The summed E-state index contributed by atoms with van der Waals surface area (Å²) in [6.45, 7) is 4.82. The third-order valence-corrected chi connectivity index (χ3v) is 1.57. The number of carbonyl (C=O) groups excluding carboxylic acids is 8. The maximum Gasteiger partial charge on any atom is 0.135 e. The van der Waals surface area contributed by atoms with Crippen LogP contribution in [0.5, 0.6) is 0 Å². The fraction of sp³-hybridized carbons (Fsp3) is 0.500. The quantitative estimate of drug-likeness (QED) is 0.185. The maximum absolute atomic E-state index is 9.83.